The molecule has 2 unspecified atom stereocenters. The van der Waals surface area contributed by atoms with E-state index in [0.717, 1.165) is 0 Å². The highest BCUT2D eigenvalue weighted by molar-refractivity contribution is 5.78. The molecule has 0 bridgehead atoms. The molecule has 0 aromatic rings. The van der Waals surface area contributed by atoms with Crippen molar-refractivity contribution in [2.24, 2.45) is 0 Å². The maximum Gasteiger partial charge on any atom is 0.129 e. The molecule has 1 aliphatic rings. The zero-order chi connectivity index (χ0) is 8.97. The van der Waals surface area contributed by atoms with Crippen molar-refractivity contribution in [1.82, 2.24) is 10.6 Å². The van der Waals surface area contributed by atoms with Gasteiger partial charge in [0.1, 0.15) is 6.17 Å². The first-order valence-corrected chi connectivity index (χ1v) is 4.32. The monoisotopic (exact) mass is 173 g/mol. The summed E-state index contributed by atoms with van der Waals surface area (Å²) in [4.78, 5) is 0. The Labute approximate surface area is 72.2 Å². The van der Waals surface area contributed by atoms with E-state index in [1.807, 2.05) is 0 Å². The van der Waals surface area contributed by atoms with Crippen molar-refractivity contribution in [3.05, 3.63) is 0 Å². The molecule has 1 aliphatic heterocycles. The van der Waals surface area contributed by atoms with Crippen LogP contribution in [0, 0.1) is 5.41 Å². The van der Waals surface area contributed by atoms with Gasteiger partial charge in [0.15, 0.2) is 0 Å². The summed E-state index contributed by atoms with van der Waals surface area (Å²) in [5.41, 5.74) is 0.642. The van der Waals surface area contributed by atoms with Gasteiger partial charge in [-0.15, -0.1) is 0 Å². The van der Waals surface area contributed by atoms with E-state index in [1.165, 1.54) is 0 Å². The molecule has 0 amide bonds. The third kappa shape index (κ3) is 2.87. The van der Waals surface area contributed by atoms with Crippen molar-refractivity contribution in [3.63, 3.8) is 0 Å². The van der Waals surface area contributed by atoms with E-state index in [0.29, 0.717) is 31.8 Å². The Morgan fingerprint density at radius 2 is 2.42 bits per heavy atom. The molecule has 3 N–H and O–H groups in total. The second-order valence-corrected chi connectivity index (χ2v) is 3.27. The van der Waals surface area contributed by atoms with E-state index in [9.17, 15) is 4.39 Å². The molecule has 4 heteroatoms. The topological polar surface area (TPSA) is 47.9 Å². The van der Waals surface area contributed by atoms with E-state index in [-0.39, 0.29) is 6.04 Å². The van der Waals surface area contributed by atoms with Crippen molar-refractivity contribution in [2.45, 2.75) is 25.6 Å². The number of hydrogen-bond donors (Lipinski definition) is 3. The van der Waals surface area contributed by atoms with E-state index >= 15 is 0 Å². The standard InChI is InChI=1S/C8H16FN3/c1-6(10)2-3-12-8-5-11-4-7(8)9/h7-8,10-12H,2-5H2,1H3. The molecule has 12 heavy (non-hydrogen) atoms. The molecular weight excluding hydrogens is 157 g/mol. The zero-order valence-electron chi connectivity index (χ0n) is 7.36. The first-order chi connectivity index (χ1) is 5.70. The van der Waals surface area contributed by atoms with Crippen LogP contribution in [0.1, 0.15) is 13.3 Å². The summed E-state index contributed by atoms with van der Waals surface area (Å²) in [6, 6.07) is -0.0515. The lowest BCUT2D eigenvalue weighted by Crippen LogP contribution is -2.38. The normalized spacial score (nSPS) is 29.2. The van der Waals surface area contributed by atoms with Crippen LogP contribution in [0.2, 0.25) is 0 Å². The summed E-state index contributed by atoms with van der Waals surface area (Å²) in [6.45, 7) is 3.64. The van der Waals surface area contributed by atoms with Gasteiger partial charge in [-0.2, -0.15) is 0 Å². The second kappa shape index (κ2) is 4.52. The molecule has 0 aromatic carbocycles. The molecule has 2 atom stereocenters. The van der Waals surface area contributed by atoms with E-state index in [1.54, 1.807) is 6.92 Å². The molecule has 1 rings (SSSR count). The lowest BCUT2D eigenvalue weighted by Gasteiger charge is -2.12. The second-order valence-electron chi connectivity index (χ2n) is 3.27. The average molecular weight is 173 g/mol. The van der Waals surface area contributed by atoms with Gasteiger partial charge in [0.25, 0.3) is 0 Å². The van der Waals surface area contributed by atoms with E-state index in [4.69, 9.17) is 5.41 Å². The van der Waals surface area contributed by atoms with Gasteiger partial charge in [0.05, 0.1) is 6.04 Å². The van der Waals surface area contributed by atoms with Gasteiger partial charge in [-0.1, -0.05) is 0 Å². The summed E-state index contributed by atoms with van der Waals surface area (Å²) in [7, 11) is 0. The highest BCUT2D eigenvalue weighted by Crippen LogP contribution is 2.03. The van der Waals surface area contributed by atoms with Gasteiger partial charge < -0.3 is 16.0 Å². The number of halogens is 1. The molecular formula is C8H16FN3. The van der Waals surface area contributed by atoms with Gasteiger partial charge in [-0.05, 0) is 13.3 Å². The number of nitrogens with one attached hydrogen (secondary N) is 3. The molecule has 0 saturated carbocycles. The van der Waals surface area contributed by atoms with Gasteiger partial charge in [0, 0.05) is 25.3 Å². The van der Waals surface area contributed by atoms with Crippen LogP contribution in [-0.2, 0) is 0 Å². The Morgan fingerprint density at radius 1 is 1.67 bits per heavy atom. The third-order valence-electron chi connectivity index (χ3n) is 2.05. The summed E-state index contributed by atoms with van der Waals surface area (Å²) in [5, 5.41) is 13.2. The van der Waals surface area contributed by atoms with Gasteiger partial charge >= 0.3 is 0 Å². The third-order valence-corrected chi connectivity index (χ3v) is 2.05. The van der Waals surface area contributed by atoms with Gasteiger partial charge in [0.2, 0.25) is 0 Å². The van der Waals surface area contributed by atoms with Crippen LogP contribution in [0.5, 0.6) is 0 Å². The fourth-order valence-electron chi connectivity index (χ4n) is 1.29. The maximum atomic E-state index is 12.9. The predicted octanol–water partition coefficient (Wildman–Crippen LogP) is 0.316. The van der Waals surface area contributed by atoms with Crippen molar-refractivity contribution in [1.29, 1.82) is 5.41 Å². The largest absolute Gasteiger partial charge is 0.312 e. The fraction of sp³-hybridized carbons (Fsp3) is 0.875. The van der Waals surface area contributed by atoms with Crippen LogP contribution in [-0.4, -0.2) is 37.6 Å². The zero-order valence-corrected chi connectivity index (χ0v) is 7.36. The minimum Gasteiger partial charge on any atom is -0.312 e. The lowest BCUT2D eigenvalue weighted by molar-refractivity contribution is 0.301. The Kier molecular flexibility index (Phi) is 3.62. The summed E-state index contributed by atoms with van der Waals surface area (Å²) in [5.74, 6) is 0. The predicted molar refractivity (Wildman–Crippen MR) is 47.6 cm³/mol. The first-order valence-electron chi connectivity index (χ1n) is 4.32. The van der Waals surface area contributed by atoms with Crippen LogP contribution in [0.25, 0.3) is 0 Å². The molecule has 0 radical (unpaired) electrons. The summed E-state index contributed by atoms with van der Waals surface area (Å²) < 4.78 is 12.9. The molecule has 1 saturated heterocycles. The van der Waals surface area contributed by atoms with Crippen LogP contribution < -0.4 is 10.6 Å². The molecule has 70 valence electrons. The molecule has 3 nitrogen and oxygen atoms in total. The van der Waals surface area contributed by atoms with Gasteiger partial charge in [-0.25, -0.2) is 4.39 Å². The smallest absolute Gasteiger partial charge is 0.129 e. The molecule has 0 aliphatic carbocycles. The average Bonchev–Trinajstić information content (AvgIpc) is 2.36. The first kappa shape index (κ1) is 9.61. The molecule has 1 fully saturated rings. The van der Waals surface area contributed by atoms with Crippen LogP contribution in [0.15, 0.2) is 0 Å². The Morgan fingerprint density at radius 3 is 2.92 bits per heavy atom. The molecule has 0 spiro atoms. The number of alkyl halides is 1. The van der Waals surface area contributed by atoms with E-state index in [2.05, 4.69) is 10.6 Å². The number of rotatable bonds is 4. The highest BCUT2D eigenvalue weighted by atomic mass is 19.1. The van der Waals surface area contributed by atoms with Crippen LogP contribution >= 0.6 is 0 Å². The molecule has 1 heterocycles. The minimum absolute atomic E-state index is 0.0515. The van der Waals surface area contributed by atoms with Crippen molar-refractivity contribution >= 4 is 5.71 Å². The highest BCUT2D eigenvalue weighted by Gasteiger charge is 2.25. The SMILES string of the molecule is CC(=N)CCNC1CNCC1F. The van der Waals surface area contributed by atoms with Crippen LogP contribution in [0.3, 0.4) is 0 Å². The number of hydrogen-bond acceptors (Lipinski definition) is 3. The van der Waals surface area contributed by atoms with Gasteiger partial charge in [-0.3, -0.25) is 0 Å². The Balaban J connectivity index is 2.10. The fourth-order valence-corrected chi connectivity index (χ4v) is 1.29. The minimum atomic E-state index is -0.768. The van der Waals surface area contributed by atoms with Crippen molar-refractivity contribution < 1.29 is 4.39 Å². The molecule has 0 aromatic heterocycles. The Bertz CT molecular complexity index is 160. The van der Waals surface area contributed by atoms with Crippen molar-refractivity contribution in [3.8, 4) is 0 Å². The summed E-state index contributed by atoms with van der Waals surface area (Å²) >= 11 is 0. The summed E-state index contributed by atoms with van der Waals surface area (Å²) in [6.07, 6.45) is -0.0560. The van der Waals surface area contributed by atoms with E-state index < -0.39 is 6.17 Å². The maximum absolute atomic E-state index is 12.9. The van der Waals surface area contributed by atoms with Crippen molar-refractivity contribution in [2.75, 3.05) is 19.6 Å². The quantitative estimate of drug-likeness (QED) is 0.536. The Hall–Kier alpha value is -0.480. The van der Waals surface area contributed by atoms with Crippen LogP contribution in [0.4, 0.5) is 4.39 Å². The lowest BCUT2D eigenvalue weighted by atomic mass is 10.2.